The molecule has 4 aromatic rings. The van der Waals surface area contributed by atoms with Crippen LogP contribution in [0.4, 0.5) is 5.82 Å². The van der Waals surface area contributed by atoms with Gasteiger partial charge in [0.15, 0.2) is 5.65 Å². The van der Waals surface area contributed by atoms with E-state index in [1.165, 1.54) is 6.33 Å². The average Bonchev–Trinajstić information content (AvgIpc) is 3.69. The Bertz CT molecular complexity index is 1510. The number of amides is 1. The molecule has 2 N–H and O–H groups in total. The monoisotopic (exact) mass is 506 g/mol. The van der Waals surface area contributed by atoms with Crippen LogP contribution in [0.3, 0.4) is 0 Å². The fourth-order valence-corrected chi connectivity index (χ4v) is 6.41. The highest BCUT2D eigenvalue weighted by molar-refractivity contribution is 5.98. The van der Waals surface area contributed by atoms with Crippen molar-refractivity contribution >= 4 is 22.8 Å². The van der Waals surface area contributed by atoms with E-state index < -0.39 is 0 Å². The molecule has 4 atom stereocenters. The summed E-state index contributed by atoms with van der Waals surface area (Å²) in [6.07, 6.45) is 10.0. The first kappa shape index (κ1) is 23.0. The van der Waals surface area contributed by atoms with E-state index in [2.05, 4.69) is 27.0 Å². The Morgan fingerprint density at radius 3 is 2.55 bits per heavy atom. The van der Waals surface area contributed by atoms with E-state index in [-0.39, 0.29) is 12.0 Å². The molecule has 192 valence electrons. The molecule has 2 unspecified atom stereocenters. The third-order valence-electron chi connectivity index (χ3n) is 8.27. The van der Waals surface area contributed by atoms with Crippen molar-refractivity contribution in [3.63, 3.8) is 0 Å². The van der Waals surface area contributed by atoms with Crippen molar-refractivity contribution in [1.82, 2.24) is 24.6 Å². The van der Waals surface area contributed by atoms with Gasteiger partial charge in [-0.05, 0) is 73.9 Å². The molecule has 8 nitrogen and oxygen atoms in total. The van der Waals surface area contributed by atoms with Crippen LogP contribution >= 0.6 is 0 Å². The number of carbonyl (C=O) groups is 1. The second kappa shape index (κ2) is 9.28. The maximum Gasteiger partial charge on any atom is 0.226 e. The van der Waals surface area contributed by atoms with Crippen LogP contribution in [0.2, 0.25) is 0 Å². The lowest BCUT2D eigenvalue weighted by molar-refractivity contribution is -0.138. The highest BCUT2D eigenvalue weighted by atomic mass is 16.5. The number of allylic oxidation sites excluding steroid dienone is 2. The number of anilines is 1. The summed E-state index contributed by atoms with van der Waals surface area (Å²) in [7, 11) is 0. The van der Waals surface area contributed by atoms with Gasteiger partial charge in [0.25, 0.3) is 0 Å². The third-order valence-corrected chi connectivity index (χ3v) is 8.27. The largest absolute Gasteiger partial charge is 0.457 e. The van der Waals surface area contributed by atoms with Crippen molar-refractivity contribution in [1.29, 1.82) is 0 Å². The van der Waals surface area contributed by atoms with Gasteiger partial charge in [-0.1, -0.05) is 30.4 Å². The van der Waals surface area contributed by atoms with Crippen molar-refractivity contribution in [2.24, 2.45) is 17.8 Å². The summed E-state index contributed by atoms with van der Waals surface area (Å²) in [5.41, 5.74) is 8.72. The van der Waals surface area contributed by atoms with E-state index in [1.807, 2.05) is 59.3 Å². The molecule has 7 rings (SSSR count). The topological polar surface area (TPSA) is 99.2 Å². The third kappa shape index (κ3) is 4.00. The summed E-state index contributed by atoms with van der Waals surface area (Å²) >= 11 is 0. The lowest BCUT2D eigenvalue weighted by atomic mass is 9.91. The van der Waals surface area contributed by atoms with E-state index in [9.17, 15) is 4.79 Å². The van der Waals surface area contributed by atoms with Crippen molar-refractivity contribution in [2.45, 2.75) is 31.7 Å². The number of hydrogen-bond acceptors (Lipinski definition) is 6. The summed E-state index contributed by atoms with van der Waals surface area (Å²) in [5, 5.41) is 5.77. The Hall–Kier alpha value is -4.20. The first-order valence-corrected chi connectivity index (χ1v) is 13.4. The fraction of sp³-hybridized carbons (Fsp3) is 0.333. The summed E-state index contributed by atoms with van der Waals surface area (Å²) < 4.78 is 7.93. The van der Waals surface area contributed by atoms with Gasteiger partial charge in [-0.15, -0.1) is 0 Å². The number of rotatable bonds is 5. The molecule has 3 aliphatic rings. The number of para-hydroxylation sites is 1. The molecule has 0 spiro atoms. The lowest BCUT2D eigenvalue weighted by Gasteiger charge is -2.35. The molecule has 0 radical (unpaired) electrons. The minimum atomic E-state index is 0.0352. The average molecular weight is 507 g/mol. The van der Waals surface area contributed by atoms with Crippen LogP contribution in [0.1, 0.15) is 31.7 Å². The van der Waals surface area contributed by atoms with Crippen LogP contribution in [0, 0.1) is 17.8 Å². The predicted molar refractivity (Wildman–Crippen MR) is 145 cm³/mol. The second-order valence-electron chi connectivity index (χ2n) is 10.7. The minimum Gasteiger partial charge on any atom is -0.457 e. The van der Waals surface area contributed by atoms with E-state index in [0.717, 1.165) is 60.4 Å². The van der Waals surface area contributed by atoms with Gasteiger partial charge < -0.3 is 15.4 Å². The molecule has 1 saturated heterocycles. The second-order valence-corrected chi connectivity index (χ2v) is 10.7. The quantitative estimate of drug-likeness (QED) is 0.372. The molecule has 2 aromatic carbocycles. The summed E-state index contributed by atoms with van der Waals surface area (Å²) in [5.74, 6) is 3.34. The number of ether oxygens (including phenoxy) is 1. The number of hydrogen-bond donors (Lipinski definition) is 1. The van der Waals surface area contributed by atoms with Crippen LogP contribution in [-0.2, 0) is 4.79 Å². The molecule has 1 aliphatic heterocycles. The highest BCUT2D eigenvalue weighted by Gasteiger charge is 2.42. The first-order valence-electron chi connectivity index (χ1n) is 13.4. The standard InChI is InChI=1S/C30H30N6O2/c31-28-26-27(20-10-12-24(13-11-20)38-23-6-2-1-3-7-23)34-36(29(26)33-18-32-28)22-5-4-14-35(17-22)30(37)25-16-19-8-9-21(25)15-19/h1-3,6-13,18-19,21-22,25H,4-5,14-17H2,(H2,31,32,33)/t19?,21?,22-,25-/m1/s1. The molecule has 2 bridgehead atoms. The van der Waals surface area contributed by atoms with Crippen LogP contribution in [-0.4, -0.2) is 43.6 Å². The smallest absolute Gasteiger partial charge is 0.226 e. The Morgan fingerprint density at radius 1 is 0.974 bits per heavy atom. The van der Waals surface area contributed by atoms with Crippen LogP contribution in [0.5, 0.6) is 11.5 Å². The van der Waals surface area contributed by atoms with Gasteiger partial charge in [0, 0.05) is 24.6 Å². The normalized spacial score (nSPS) is 24.3. The van der Waals surface area contributed by atoms with Crippen molar-refractivity contribution < 1.29 is 9.53 Å². The predicted octanol–water partition coefficient (Wildman–Crippen LogP) is 5.24. The molecule has 2 aliphatic carbocycles. The van der Waals surface area contributed by atoms with E-state index >= 15 is 0 Å². The van der Waals surface area contributed by atoms with Gasteiger partial charge in [0.1, 0.15) is 29.3 Å². The Balaban J connectivity index is 1.18. The Morgan fingerprint density at radius 2 is 1.79 bits per heavy atom. The van der Waals surface area contributed by atoms with E-state index in [0.29, 0.717) is 35.8 Å². The number of fused-ring (bicyclic) bond motifs is 3. The maximum atomic E-state index is 13.5. The molecule has 1 saturated carbocycles. The zero-order valence-corrected chi connectivity index (χ0v) is 21.1. The Kier molecular flexibility index (Phi) is 5.60. The van der Waals surface area contributed by atoms with Gasteiger partial charge in [-0.2, -0.15) is 5.10 Å². The molecule has 3 heterocycles. The number of piperidine rings is 1. The highest BCUT2D eigenvalue weighted by Crippen LogP contribution is 2.44. The number of benzene rings is 2. The van der Waals surface area contributed by atoms with Gasteiger partial charge in [-0.25, -0.2) is 14.6 Å². The summed E-state index contributed by atoms with van der Waals surface area (Å²) in [6, 6.07) is 17.6. The summed E-state index contributed by atoms with van der Waals surface area (Å²) in [4.78, 5) is 24.4. The summed E-state index contributed by atoms with van der Waals surface area (Å²) in [6.45, 7) is 1.44. The number of aromatic nitrogens is 4. The van der Waals surface area contributed by atoms with Crippen LogP contribution in [0.15, 0.2) is 73.1 Å². The SMILES string of the molecule is Nc1ncnc2c1c(-c1ccc(Oc3ccccc3)cc1)nn2[C@@H]1CCCN(C(=O)[C@@H]2CC3C=CC2C3)C1. The molecule has 38 heavy (non-hydrogen) atoms. The van der Waals surface area contributed by atoms with Gasteiger partial charge >= 0.3 is 0 Å². The van der Waals surface area contributed by atoms with Gasteiger partial charge in [0.2, 0.25) is 5.91 Å². The van der Waals surface area contributed by atoms with Crippen molar-refractivity contribution in [3.05, 3.63) is 73.1 Å². The molecule has 2 fully saturated rings. The van der Waals surface area contributed by atoms with Crippen LogP contribution < -0.4 is 10.5 Å². The maximum absolute atomic E-state index is 13.5. The fourth-order valence-electron chi connectivity index (χ4n) is 6.41. The van der Waals surface area contributed by atoms with E-state index in [1.54, 1.807) is 0 Å². The van der Waals surface area contributed by atoms with Crippen LogP contribution in [0.25, 0.3) is 22.3 Å². The molecular formula is C30H30N6O2. The number of nitrogens with zero attached hydrogens (tertiary/aromatic N) is 5. The zero-order valence-electron chi connectivity index (χ0n) is 21.1. The van der Waals surface area contributed by atoms with Gasteiger partial charge in [0.05, 0.1) is 11.4 Å². The number of nitrogen functional groups attached to an aromatic ring is 1. The molecule has 8 heteroatoms. The zero-order chi connectivity index (χ0) is 25.6. The van der Waals surface area contributed by atoms with Crippen molar-refractivity contribution in [3.8, 4) is 22.8 Å². The molecule has 1 amide bonds. The number of carbonyl (C=O) groups excluding carboxylic acids is 1. The number of nitrogens with two attached hydrogens (primary N) is 1. The van der Waals surface area contributed by atoms with Gasteiger partial charge in [-0.3, -0.25) is 4.79 Å². The number of likely N-dealkylation sites (tertiary alicyclic amines) is 1. The molecule has 2 aromatic heterocycles. The lowest BCUT2D eigenvalue weighted by Crippen LogP contribution is -2.44. The van der Waals surface area contributed by atoms with E-state index in [4.69, 9.17) is 15.6 Å². The first-order chi connectivity index (χ1) is 18.6. The van der Waals surface area contributed by atoms with Crippen molar-refractivity contribution in [2.75, 3.05) is 18.8 Å². The minimum absolute atomic E-state index is 0.0352. The Labute approximate surface area is 221 Å². The molecular weight excluding hydrogens is 476 g/mol.